The standard InChI is InChI=1S/C32H44O4/c1-22(2)12-8-6-10-14-25-16-18-29(35-24(5)33)27(20-25)31-28-21-26(15-11-7-9-13-23(3)4)17-19-30(28)36-32(31)34/h16-23,31H,6-15H2,1-5H3. The van der Waals surface area contributed by atoms with E-state index in [0.29, 0.717) is 11.5 Å². The van der Waals surface area contributed by atoms with E-state index in [-0.39, 0.29) is 11.9 Å². The fourth-order valence-corrected chi connectivity index (χ4v) is 5.00. The van der Waals surface area contributed by atoms with E-state index in [1.807, 2.05) is 24.3 Å². The van der Waals surface area contributed by atoms with Gasteiger partial charge < -0.3 is 9.47 Å². The molecule has 1 atom stereocenters. The van der Waals surface area contributed by atoms with Crippen molar-refractivity contribution in [2.75, 3.05) is 0 Å². The number of rotatable bonds is 14. The summed E-state index contributed by atoms with van der Waals surface area (Å²) in [6.07, 6.45) is 11.6. The monoisotopic (exact) mass is 492 g/mol. The molecular weight excluding hydrogens is 448 g/mol. The Labute approximate surface area is 217 Å². The zero-order valence-corrected chi connectivity index (χ0v) is 22.9. The van der Waals surface area contributed by atoms with Gasteiger partial charge in [-0.2, -0.15) is 0 Å². The van der Waals surface area contributed by atoms with Crippen LogP contribution in [0.3, 0.4) is 0 Å². The summed E-state index contributed by atoms with van der Waals surface area (Å²) in [5, 5.41) is 0. The Morgan fingerprint density at radius 2 is 1.36 bits per heavy atom. The van der Waals surface area contributed by atoms with Crippen molar-refractivity contribution >= 4 is 11.9 Å². The molecular formula is C32H44O4. The van der Waals surface area contributed by atoms with Crippen LogP contribution >= 0.6 is 0 Å². The van der Waals surface area contributed by atoms with E-state index in [2.05, 4.69) is 39.8 Å². The molecule has 1 aliphatic rings. The number of carbonyl (C=O) groups is 2. The summed E-state index contributed by atoms with van der Waals surface area (Å²) >= 11 is 0. The van der Waals surface area contributed by atoms with Crippen molar-refractivity contribution in [1.29, 1.82) is 0 Å². The number of hydrogen-bond acceptors (Lipinski definition) is 4. The van der Waals surface area contributed by atoms with E-state index in [9.17, 15) is 9.59 Å². The average molecular weight is 493 g/mol. The van der Waals surface area contributed by atoms with Crippen LogP contribution in [0.15, 0.2) is 36.4 Å². The number of benzene rings is 2. The van der Waals surface area contributed by atoms with Gasteiger partial charge in [-0.1, -0.05) is 90.5 Å². The van der Waals surface area contributed by atoms with Crippen LogP contribution in [0.2, 0.25) is 0 Å². The highest BCUT2D eigenvalue weighted by atomic mass is 16.5. The Balaban J connectivity index is 1.78. The number of esters is 2. The zero-order valence-electron chi connectivity index (χ0n) is 22.9. The molecule has 1 heterocycles. The predicted octanol–water partition coefficient (Wildman–Crippen LogP) is 8.18. The van der Waals surface area contributed by atoms with Crippen molar-refractivity contribution in [1.82, 2.24) is 0 Å². The number of hydrogen-bond donors (Lipinski definition) is 0. The molecule has 196 valence electrons. The van der Waals surface area contributed by atoms with Crippen molar-refractivity contribution < 1.29 is 19.1 Å². The van der Waals surface area contributed by atoms with E-state index in [0.717, 1.165) is 54.2 Å². The topological polar surface area (TPSA) is 52.6 Å². The molecule has 3 rings (SSSR count). The van der Waals surface area contributed by atoms with Gasteiger partial charge in [-0.05, 0) is 60.8 Å². The maximum atomic E-state index is 13.1. The van der Waals surface area contributed by atoms with Crippen molar-refractivity contribution in [2.45, 2.75) is 105 Å². The van der Waals surface area contributed by atoms with Crippen LogP contribution in [0.1, 0.15) is 114 Å². The van der Waals surface area contributed by atoms with Crippen LogP contribution in [0.5, 0.6) is 11.5 Å². The molecule has 4 nitrogen and oxygen atoms in total. The van der Waals surface area contributed by atoms with Gasteiger partial charge in [0.05, 0.1) is 0 Å². The minimum Gasteiger partial charge on any atom is -0.426 e. The Kier molecular flexibility index (Phi) is 10.6. The molecule has 0 amide bonds. The third-order valence-electron chi connectivity index (χ3n) is 6.96. The van der Waals surface area contributed by atoms with E-state index in [4.69, 9.17) is 9.47 Å². The van der Waals surface area contributed by atoms with Crippen LogP contribution < -0.4 is 9.47 Å². The van der Waals surface area contributed by atoms with E-state index >= 15 is 0 Å². The first-order valence-electron chi connectivity index (χ1n) is 13.9. The van der Waals surface area contributed by atoms with Gasteiger partial charge in [0, 0.05) is 18.1 Å². The number of fused-ring (bicyclic) bond motifs is 1. The molecule has 0 radical (unpaired) electrons. The number of carbonyl (C=O) groups excluding carboxylic acids is 2. The Hall–Kier alpha value is -2.62. The zero-order chi connectivity index (χ0) is 26.1. The second kappa shape index (κ2) is 13.6. The summed E-state index contributed by atoms with van der Waals surface area (Å²) in [6.45, 7) is 10.5. The molecule has 2 aromatic rings. The van der Waals surface area contributed by atoms with E-state index in [1.54, 1.807) is 0 Å². The van der Waals surface area contributed by atoms with Gasteiger partial charge in [0.25, 0.3) is 0 Å². The highest BCUT2D eigenvalue weighted by molar-refractivity contribution is 5.90. The lowest BCUT2D eigenvalue weighted by atomic mass is 9.88. The molecule has 4 heteroatoms. The maximum Gasteiger partial charge on any atom is 0.323 e. The largest absolute Gasteiger partial charge is 0.426 e. The molecule has 0 fully saturated rings. The van der Waals surface area contributed by atoms with Gasteiger partial charge in [0.1, 0.15) is 17.4 Å². The first-order chi connectivity index (χ1) is 17.2. The summed E-state index contributed by atoms with van der Waals surface area (Å²) in [7, 11) is 0. The van der Waals surface area contributed by atoms with Crippen molar-refractivity contribution in [3.05, 3.63) is 58.7 Å². The maximum absolute atomic E-state index is 13.1. The molecule has 0 saturated heterocycles. The molecule has 0 bridgehead atoms. The number of aryl methyl sites for hydroxylation is 2. The van der Waals surface area contributed by atoms with Gasteiger partial charge in [0.15, 0.2) is 0 Å². The number of ether oxygens (including phenoxy) is 2. The Morgan fingerprint density at radius 1 is 0.806 bits per heavy atom. The smallest absolute Gasteiger partial charge is 0.323 e. The normalized spacial score (nSPS) is 14.9. The lowest BCUT2D eigenvalue weighted by Gasteiger charge is -2.16. The Bertz CT molecular complexity index is 1020. The molecule has 0 spiro atoms. The fraction of sp³-hybridized carbons (Fsp3) is 0.562. The van der Waals surface area contributed by atoms with Crippen LogP contribution in [0, 0.1) is 11.8 Å². The lowest BCUT2D eigenvalue weighted by Crippen LogP contribution is -2.14. The molecule has 0 saturated carbocycles. The van der Waals surface area contributed by atoms with Crippen LogP contribution in [-0.4, -0.2) is 11.9 Å². The van der Waals surface area contributed by atoms with Gasteiger partial charge in [0.2, 0.25) is 0 Å². The van der Waals surface area contributed by atoms with Crippen LogP contribution in [0.4, 0.5) is 0 Å². The molecule has 36 heavy (non-hydrogen) atoms. The molecule has 2 aromatic carbocycles. The quantitative estimate of drug-likeness (QED) is 0.152. The molecule has 0 aromatic heterocycles. The van der Waals surface area contributed by atoms with Crippen molar-refractivity contribution in [3.8, 4) is 11.5 Å². The average Bonchev–Trinajstić information content (AvgIpc) is 3.13. The highest BCUT2D eigenvalue weighted by Crippen LogP contribution is 2.43. The van der Waals surface area contributed by atoms with Gasteiger partial charge >= 0.3 is 11.9 Å². The SMILES string of the molecule is CC(=O)Oc1ccc(CCCCCC(C)C)cc1C1C(=O)Oc2ccc(CCCCCC(C)C)cc21. The van der Waals surface area contributed by atoms with Crippen LogP contribution in [0.25, 0.3) is 0 Å². The molecule has 1 aliphatic heterocycles. The lowest BCUT2D eigenvalue weighted by molar-refractivity contribution is -0.134. The minimum absolute atomic E-state index is 0.304. The van der Waals surface area contributed by atoms with Gasteiger partial charge in [-0.15, -0.1) is 0 Å². The summed E-state index contributed by atoms with van der Waals surface area (Å²) in [5.74, 6) is 1.27. The highest BCUT2D eigenvalue weighted by Gasteiger charge is 2.37. The fourth-order valence-electron chi connectivity index (χ4n) is 5.00. The van der Waals surface area contributed by atoms with Crippen molar-refractivity contribution in [3.63, 3.8) is 0 Å². The molecule has 0 aliphatic carbocycles. The summed E-state index contributed by atoms with van der Waals surface area (Å²) in [6, 6.07) is 12.0. The van der Waals surface area contributed by atoms with Gasteiger partial charge in [-0.25, -0.2) is 0 Å². The summed E-state index contributed by atoms with van der Waals surface area (Å²) < 4.78 is 11.2. The van der Waals surface area contributed by atoms with Crippen molar-refractivity contribution in [2.24, 2.45) is 11.8 Å². The van der Waals surface area contributed by atoms with Crippen LogP contribution in [-0.2, 0) is 22.4 Å². The first kappa shape index (κ1) is 28.0. The molecule has 0 N–H and O–H groups in total. The minimum atomic E-state index is -0.573. The first-order valence-corrected chi connectivity index (χ1v) is 13.9. The predicted molar refractivity (Wildman–Crippen MR) is 146 cm³/mol. The van der Waals surface area contributed by atoms with E-state index in [1.165, 1.54) is 51.0 Å². The summed E-state index contributed by atoms with van der Waals surface area (Å²) in [5.41, 5.74) is 3.98. The summed E-state index contributed by atoms with van der Waals surface area (Å²) in [4.78, 5) is 24.9. The Morgan fingerprint density at radius 3 is 1.92 bits per heavy atom. The van der Waals surface area contributed by atoms with Gasteiger partial charge in [-0.3, -0.25) is 9.59 Å². The second-order valence-electron chi connectivity index (χ2n) is 11.2. The number of unbranched alkanes of at least 4 members (excludes halogenated alkanes) is 4. The third kappa shape index (κ3) is 8.21. The van der Waals surface area contributed by atoms with E-state index < -0.39 is 5.92 Å². The third-order valence-corrected chi connectivity index (χ3v) is 6.96. The molecule has 1 unspecified atom stereocenters. The second-order valence-corrected chi connectivity index (χ2v) is 11.2.